The van der Waals surface area contributed by atoms with Crippen molar-refractivity contribution in [3.8, 4) is 0 Å². The van der Waals surface area contributed by atoms with Gasteiger partial charge in [0, 0.05) is 10.8 Å². The molecule has 7 heteroatoms. The van der Waals surface area contributed by atoms with Crippen LogP contribution in [-0.4, -0.2) is 6.03 Å². The second kappa shape index (κ2) is 8.05. The van der Waals surface area contributed by atoms with Crippen LogP contribution in [0.4, 0.5) is 16.2 Å². The maximum absolute atomic E-state index is 11.8. The van der Waals surface area contributed by atoms with Crippen LogP contribution in [0.3, 0.4) is 0 Å². The van der Waals surface area contributed by atoms with Gasteiger partial charge in [0.2, 0.25) is 0 Å². The molecule has 0 radical (unpaired) electrons. The van der Waals surface area contributed by atoms with Crippen molar-refractivity contribution in [3.63, 3.8) is 0 Å². The zero-order valence-corrected chi connectivity index (χ0v) is 14.8. The van der Waals surface area contributed by atoms with Crippen molar-refractivity contribution < 1.29 is 4.79 Å². The maximum atomic E-state index is 11.8. The van der Waals surface area contributed by atoms with Crippen molar-refractivity contribution >= 4 is 39.0 Å². The third-order valence-corrected chi connectivity index (χ3v) is 4.15. The molecule has 0 aliphatic heterocycles. The minimum atomic E-state index is -0.632. The molecular weight excluding hydrogens is 352 g/mol. The smallest absolute Gasteiger partial charge is 0.245 e. The summed E-state index contributed by atoms with van der Waals surface area (Å²) in [7, 11) is 0. The molecule has 0 aromatic heterocycles. The molecule has 0 fully saturated rings. The van der Waals surface area contributed by atoms with E-state index >= 15 is 0 Å². The Balaban J connectivity index is 1.39. The van der Waals surface area contributed by atoms with Crippen molar-refractivity contribution in [1.82, 2.24) is 10.9 Å². The second-order valence-electron chi connectivity index (χ2n) is 5.95. The molecule has 28 heavy (non-hydrogen) atoms. The van der Waals surface area contributed by atoms with Gasteiger partial charge in [0.05, 0.1) is 11.4 Å². The second-order valence-corrected chi connectivity index (χ2v) is 5.95. The normalized spacial score (nSPS) is 11.4. The van der Waals surface area contributed by atoms with Crippen LogP contribution in [0.25, 0.3) is 21.5 Å². The zero-order valence-electron chi connectivity index (χ0n) is 14.8. The van der Waals surface area contributed by atoms with Gasteiger partial charge >= 0.3 is 6.03 Å². The third kappa shape index (κ3) is 3.83. The minimum Gasteiger partial charge on any atom is -0.245 e. The summed E-state index contributed by atoms with van der Waals surface area (Å²) in [6.45, 7) is 0. The minimum absolute atomic E-state index is 0.632. The van der Waals surface area contributed by atoms with E-state index in [1.54, 1.807) is 0 Å². The van der Waals surface area contributed by atoms with E-state index in [1.807, 2.05) is 84.9 Å². The van der Waals surface area contributed by atoms with Crippen LogP contribution in [0.15, 0.2) is 106 Å². The number of urea groups is 1. The van der Waals surface area contributed by atoms with Crippen LogP contribution in [0.2, 0.25) is 0 Å². The van der Waals surface area contributed by atoms with Gasteiger partial charge in [-0.2, -0.15) is 0 Å². The highest BCUT2D eigenvalue weighted by molar-refractivity contribution is 5.93. The van der Waals surface area contributed by atoms with E-state index in [0.717, 1.165) is 21.5 Å². The highest BCUT2D eigenvalue weighted by Gasteiger charge is 2.01. The number of nitrogens with zero attached hydrogens (tertiary/aromatic N) is 4. The van der Waals surface area contributed by atoms with Gasteiger partial charge in [0.1, 0.15) is 0 Å². The predicted molar refractivity (Wildman–Crippen MR) is 109 cm³/mol. The molecule has 0 saturated carbocycles. The topological polar surface area (TPSA) is 90.6 Å². The van der Waals surface area contributed by atoms with Crippen LogP contribution < -0.4 is 10.9 Å². The average Bonchev–Trinajstić information content (AvgIpc) is 2.74. The van der Waals surface area contributed by atoms with Gasteiger partial charge < -0.3 is 0 Å². The van der Waals surface area contributed by atoms with Crippen LogP contribution in [-0.2, 0) is 0 Å². The fraction of sp³-hybridized carbons (Fsp3) is 0. The Hall–Kier alpha value is -4.13. The molecule has 4 aromatic rings. The van der Waals surface area contributed by atoms with Gasteiger partial charge in [0.25, 0.3) is 0 Å². The fourth-order valence-electron chi connectivity index (χ4n) is 2.86. The lowest BCUT2D eigenvalue weighted by Gasteiger charge is -2.01. The van der Waals surface area contributed by atoms with Crippen LogP contribution >= 0.6 is 0 Å². The largest absolute Gasteiger partial charge is 0.358 e. The SMILES string of the molecule is O=C(NN=Nc1cccc2ccccc12)NN=Nc1cccc2ccccc12. The number of amides is 2. The summed E-state index contributed by atoms with van der Waals surface area (Å²) in [4.78, 5) is 11.8. The Morgan fingerprint density at radius 1 is 0.571 bits per heavy atom. The molecule has 0 unspecified atom stereocenters. The summed E-state index contributed by atoms with van der Waals surface area (Å²) in [5.41, 5.74) is 5.87. The summed E-state index contributed by atoms with van der Waals surface area (Å²) in [5, 5.41) is 19.6. The van der Waals surface area contributed by atoms with E-state index in [2.05, 4.69) is 31.5 Å². The fourth-order valence-corrected chi connectivity index (χ4v) is 2.86. The highest BCUT2D eigenvalue weighted by Crippen LogP contribution is 2.26. The molecule has 0 bridgehead atoms. The molecule has 2 N–H and O–H groups in total. The van der Waals surface area contributed by atoms with E-state index in [1.165, 1.54) is 0 Å². The standard InChI is InChI=1S/C21H16N6O/c28-21(24-26-22-19-13-5-9-15-7-1-3-11-17(15)19)25-27-23-20-14-6-10-16-8-2-4-12-18(16)20/h1-14H,(H2,22,23,24,25,28). The van der Waals surface area contributed by atoms with Gasteiger partial charge in [-0.25, -0.2) is 15.6 Å². The van der Waals surface area contributed by atoms with Crippen LogP contribution in [0.1, 0.15) is 0 Å². The quantitative estimate of drug-likeness (QED) is 0.336. The number of nitrogens with one attached hydrogen (secondary N) is 2. The van der Waals surface area contributed by atoms with Gasteiger partial charge in [0.15, 0.2) is 0 Å². The Bertz CT molecular complexity index is 1100. The van der Waals surface area contributed by atoms with Crippen LogP contribution in [0, 0.1) is 0 Å². The molecule has 7 nitrogen and oxygen atoms in total. The number of hydrogen-bond donors (Lipinski definition) is 2. The number of rotatable bonds is 4. The number of benzene rings is 4. The summed E-state index contributed by atoms with van der Waals surface area (Å²) in [6, 6.07) is 26.4. The Morgan fingerprint density at radius 3 is 1.50 bits per heavy atom. The average molecular weight is 368 g/mol. The van der Waals surface area contributed by atoms with Crippen molar-refractivity contribution in [1.29, 1.82) is 0 Å². The van der Waals surface area contributed by atoms with E-state index in [-0.39, 0.29) is 0 Å². The summed E-state index contributed by atoms with van der Waals surface area (Å²) >= 11 is 0. The first-order valence-electron chi connectivity index (χ1n) is 8.64. The van der Waals surface area contributed by atoms with E-state index in [4.69, 9.17) is 0 Å². The summed E-state index contributed by atoms with van der Waals surface area (Å²) in [6.07, 6.45) is 0. The molecular formula is C21H16N6O. The molecule has 0 aliphatic carbocycles. The van der Waals surface area contributed by atoms with Crippen molar-refractivity contribution in [2.24, 2.45) is 20.7 Å². The highest BCUT2D eigenvalue weighted by atomic mass is 16.2. The molecule has 0 saturated heterocycles. The molecule has 0 atom stereocenters. The molecule has 4 aromatic carbocycles. The van der Waals surface area contributed by atoms with Gasteiger partial charge in [-0.15, -0.1) is 10.2 Å². The Morgan fingerprint density at radius 2 is 1.00 bits per heavy atom. The lowest BCUT2D eigenvalue weighted by Crippen LogP contribution is -2.27. The monoisotopic (exact) mass is 368 g/mol. The summed E-state index contributed by atoms with van der Waals surface area (Å²) in [5.74, 6) is 0. The first-order chi connectivity index (χ1) is 13.8. The van der Waals surface area contributed by atoms with Crippen LogP contribution in [0.5, 0.6) is 0 Å². The first-order valence-corrected chi connectivity index (χ1v) is 8.64. The number of carbonyl (C=O) groups excluding carboxylic acids is 1. The van der Waals surface area contributed by atoms with Crippen molar-refractivity contribution in [3.05, 3.63) is 84.9 Å². The number of hydrogen-bond acceptors (Lipinski definition) is 5. The van der Waals surface area contributed by atoms with Crippen molar-refractivity contribution in [2.75, 3.05) is 0 Å². The van der Waals surface area contributed by atoms with Gasteiger partial charge in [-0.1, -0.05) is 83.2 Å². The first kappa shape index (κ1) is 17.3. The Kier molecular flexibility index (Phi) is 4.97. The van der Waals surface area contributed by atoms with Gasteiger partial charge in [-0.05, 0) is 22.9 Å². The number of fused-ring (bicyclic) bond motifs is 2. The van der Waals surface area contributed by atoms with Crippen molar-refractivity contribution in [2.45, 2.75) is 0 Å². The van der Waals surface area contributed by atoms with Gasteiger partial charge in [-0.3, -0.25) is 0 Å². The molecule has 2 amide bonds. The molecule has 4 rings (SSSR count). The summed E-state index contributed by atoms with van der Waals surface area (Å²) < 4.78 is 0. The lowest BCUT2D eigenvalue weighted by molar-refractivity contribution is 0.240. The molecule has 0 aliphatic rings. The third-order valence-electron chi connectivity index (χ3n) is 4.15. The van der Waals surface area contributed by atoms with E-state index in [9.17, 15) is 4.79 Å². The predicted octanol–water partition coefficient (Wildman–Crippen LogP) is 5.99. The number of carbonyl (C=O) groups is 1. The lowest BCUT2D eigenvalue weighted by atomic mass is 10.1. The van der Waals surface area contributed by atoms with E-state index < -0.39 is 6.03 Å². The molecule has 136 valence electrons. The zero-order chi connectivity index (χ0) is 19.2. The maximum Gasteiger partial charge on any atom is 0.358 e. The molecule has 0 spiro atoms. The Labute approximate surface area is 160 Å². The molecule has 0 heterocycles. The van der Waals surface area contributed by atoms with E-state index in [0.29, 0.717) is 11.4 Å².